The zero-order valence-corrected chi connectivity index (χ0v) is 10.0. The molecule has 1 saturated heterocycles. The smallest absolute Gasteiger partial charge is 0.338 e. The van der Waals surface area contributed by atoms with E-state index in [1.54, 1.807) is 6.07 Å². The minimum absolute atomic E-state index is 0.257. The third-order valence-corrected chi connectivity index (χ3v) is 3.30. The van der Waals surface area contributed by atoms with Crippen LogP contribution in [0.25, 0.3) is 0 Å². The van der Waals surface area contributed by atoms with Gasteiger partial charge in [-0.3, -0.25) is 4.90 Å². The van der Waals surface area contributed by atoms with Gasteiger partial charge < -0.3 is 10.8 Å². The Morgan fingerprint density at radius 3 is 2.94 bits per heavy atom. The van der Waals surface area contributed by atoms with Crippen LogP contribution in [0.15, 0.2) is 18.2 Å². The summed E-state index contributed by atoms with van der Waals surface area (Å²) >= 11 is 0. The van der Waals surface area contributed by atoms with E-state index in [1.165, 1.54) is 6.42 Å². The van der Waals surface area contributed by atoms with E-state index in [0.717, 1.165) is 18.7 Å². The second-order valence-corrected chi connectivity index (χ2v) is 4.82. The molecule has 2 rings (SSSR count). The van der Waals surface area contributed by atoms with Crippen LogP contribution >= 0.6 is 0 Å². The van der Waals surface area contributed by atoms with Gasteiger partial charge in [-0.05, 0) is 30.5 Å². The maximum absolute atomic E-state index is 11.2. The number of likely N-dealkylation sites (tertiary alicyclic amines) is 1. The monoisotopic (exact) mass is 234 g/mol. The number of carbonyl (C=O) groups is 1. The minimum Gasteiger partial charge on any atom is -0.478 e. The average Bonchev–Trinajstić information content (AvgIpc) is 2.63. The maximum atomic E-state index is 11.2. The van der Waals surface area contributed by atoms with E-state index >= 15 is 0 Å². The van der Waals surface area contributed by atoms with Crippen molar-refractivity contribution in [3.8, 4) is 0 Å². The molecule has 1 aliphatic heterocycles. The third kappa shape index (κ3) is 2.58. The van der Waals surface area contributed by atoms with Gasteiger partial charge in [-0.25, -0.2) is 4.79 Å². The molecule has 0 aliphatic carbocycles. The first kappa shape index (κ1) is 11.9. The van der Waals surface area contributed by atoms with Gasteiger partial charge >= 0.3 is 5.97 Å². The molecule has 1 atom stereocenters. The minimum atomic E-state index is -0.939. The van der Waals surface area contributed by atoms with Crippen molar-refractivity contribution in [2.75, 3.05) is 18.8 Å². The lowest BCUT2D eigenvalue weighted by molar-refractivity contribution is 0.0696. The highest BCUT2D eigenvalue weighted by molar-refractivity contribution is 5.95. The highest BCUT2D eigenvalue weighted by atomic mass is 16.4. The Labute approximate surface area is 101 Å². The molecule has 0 spiro atoms. The van der Waals surface area contributed by atoms with Gasteiger partial charge in [-0.15, -0.1) is 0 Å². The van der Waals surface area contributed by atoms with Gasteiger partial charge in [-0.1, -0.05) is 19.1 Å². The van der Waals surface area contributed by atoms with Gasteiger partial charge in [0.2, 0.25) is 0 Å². The van der Waals surface area contributed by atoms with Crippen LogP contribution in [-0.2, 0) is 6.54 Å². The number of benzene rings is 1. The number of hydrogen-bond donors (Lipinski definition) is 2. The Morgan fingerprint density at radius 2 is 2.35 bits per heavy atom. The van der Waals surface area contributed by atoms with Crippen LogP contribution in [0.1, 0.15) is 29.3 Å². The Bertz CT molecular complexity index is 431. The lowest BCUT2D eigenvalue weighted by Gasteiger charge is -2.17. The first-order valence-corrected chi connectivity index (χ1v) is 5.91. The fourth-order valence-electron chi connectivity index (χ4n) is 2.42. The maximum Gasteiger partial charge on any atom is 0.338 e. The SMILES string of the molecule is CC1CCN(Cc2cccc(N)c2C(=O)O)C1. The van der Waals surface area contributed by atoms with Gasteiger partial charge in [0, 0.05) is 18.8 Å². The van der Waals surface area contributed by atoms with Crippen molar-refractivity contribution in [1.29, 1.82) is 0 Å². The molecule has 4 nitrogen and oxygen atoms in total. The molecule has 92 valence electrons. The summed E-state index contributed by atoms with van der Waals surface area (Å²) in [6.07, 6.45) is 1.19. The molecular formula is C13H18N2O2. The lowest BCUT2D eigenvalue weighted by atomic mass is 10.1. The summed E-state index contributed by atoms with van der Waals surface area (Å²) < 4.78 is 0. The first-order chi connectivity index (χ1) is 8.08. The molecule has 4 heteroatoms. The highest BCUT2D eigenvalue weighted by Crippen LogP contribution is 2.22. The van der Waals surface area contributed by atoms with Crippen LogP contribution in [0, 0.1) is 5.92 Å². The van der Waals surface area contributed by atoms with E-state index in [0.29, 0.717) is 18.2 Å². The molecule has 17 heavy (non-hydrogen) atoms. The van der Waals surface area contributed by atoms with Crippen molar-refractivity contribution >= 4 is 11.7 Å². The number of carboxylic acid groups (broad SMARTS) is 1. The quantitative estimate of drug-likeness (QED) is 0.783. The molecule has 1 aliphatic rings. The highest BCUT2D eigenvalue weighted by Gasteiger charge is 2.21. The first-order valence-electron chi connectivity index (χ1n) is 5.91. The Hall–Kier alpha value is -1.55. The van der Waals surface area contributed by atoms with Gasteiger partial charge in [0.25, 0.3) is 0 Å². The van der Waals surface area contributed by atoms with Gasteiger partial charge in [-0.2, -0.15) is 0 Å². The zero-order valence-electron chi connectivity index (χ0n) is 10.0. The van der Waals surface area contributed by atoms with E-state index in [1.807, 2.05) is 12.1 Å². The van der Waals surface area contributed by atoms with E-state index in [-0.39, 0.29) is 5.56 Å². The number of carboxylic acids is 1. The number of anilines is 1. The molecule has 0 radical (unpaired) electrons. The van der Waals surface area contributed by atoms with E-state index in [2.05, 4.69) is 11.8 Å². The van der Waals surface area contributed by atoms with Crippen molar-refractivity contribution in [3.05, 3.63) is 29.3 Å². The van der Waals surface area contributed by atoms with Crippen LogP contribution in [0.5, 0.6) is 0 Å². The molecule has 1 aromatic carbocycles. The van der Waals surface area contributed by atoms with Crippen molar-refractivity contribution < 1.29 is 9.90 Å². The van der Waals surface area contributed by atoms with Crippen LogP contribution in [0.3, 0.4) is 0 Å². The van der Waals surface area contributed by atoms with Crippen LogP contribution in [-0.4, -0.2) is 29.1 Å². The number of nitrogen functional groups attached to an aromatic ring is 1. The Balaban J connectivity index is 2.20. The molecular weight excluding hydrogens is 216 g/mol. The third-order valence-electron chi connectivity index (χ3n) is 3.30. The number of nitrogens with two attached hydrogens (primary N) is 1. The van der Waals surface area contributed by atoms with E-state index in [9.17, 15) is 9.90 Å². The second kappa shape index (κ2) is 4.75. The zero-order chi connectivity index (χ0) is 12.4. The summed E-state index contributed by atoms with van der Waals surface area (Å²) in [7, 11) is 0. The summed E-state index contributed by atoms with van der Waals surface area (Å²) in [6, 6.07) is 5.30. The standard InChI is InChI=1S/C13H18N2O2/c1-9-5-6-15(7-9)8-10-3-2-4-11(14)12(10)13(16)17/h2-4,9H,5-8,14H2,1H3,(H,16,17). The Morgan fingerprint density at radius 1 is 1.59 bits per heavy atom. The van der Waals surface area contributed by atoms with Gasteiger partial charge in [0.15, 0.2) is 0 Å². The lowest BCUT2D eigenvalue weighted by Crippen LogP contribution is -2.21. The van der Waals surface area contributed by atoms with Gasteiger partial charge in [0.05, 0.1) is 5.56 Å². The molecule has 0 amide bonds. The van der Waals surface area contributed by atoms with Crippen molar-refractivity contribution in [2.45, 2.75) is 19.9 Å². The molecule has 1 aromatic rings. The number of nitrogens with zero attached hydrogens (tertiary/aromatic N) is 1. The summed E-state index contributed by atoms with van der Waals surface area (Å²) in [5.41, 5.74) is 7.14. The molecule has 3 N–H and O–H groups in total. The molecule has 1 unspecified atom stereocenters. The van der Waals surface area contributed by atoms with Crippen LogP contribution < -0.4 is 5.73 Å². The molecule has 0 aromatic heterocycles. The summed E-state index contributed by atoms with van der Waals surface area (Å²) in [5, 5.41) is 9.17. The molecule has 0 bridgehead atoms. The second-order valence-electron chi connectivity index (χ2n) is 4.82. The van der Waals surface area contributed by atoms with Crippen molar-refractivity contribution in [3.63, 3.8) is 0 Å². The molecule has 1 fully saturated rings. The number of aromatic carboxylic acids is 1. The van der Waals surface area contributed by atoms with Crippen molar-refractivity contribution in [1.82, 2.24) is 4.90 Å². The number of rotatable bonds is 3. The van der Waals surface area contributed by atoms with E-state index in [4.69, 9.17) is 5.73 Å². The molecule has 0 saturated carbocycles. The topological polar surface area (TPSA) is 66.6 Å². The van der Waals surface area contributed by atoms with Crippen LogP contribution in [0.4, 0.5) is 5.69 Å². The normalized spacial score (nSPS) is 20.6. The fourth-order valence-corrected chi connectivity index (χ4v) is 2.42. The predicted octanol–water partition coefficient (Wildman–Crippen LogP) is 1.81. The fraction of sp³-hybridized carbons (Fsp3) is 0.462. The largest absolute Gasteiger partial charge is 0.478 e. The Kier molecular flexibility index (Phi) is 3.33. The predicted molar refractivity (Wildman–Crippen MR) is 66.9 cm³/mol. The summed E-state index contributed by atoms with van der Waals surface area (Å²) in [4.78, 5) is 13.5. The van der Waals surface area contributed by atoms with Crippen LogP contribution in [0.2, 0.25) is 0 Å². The summed E-state index contributed by atoms with van der Waals surface area (Å²) in [5.74, 6) is -0.241. The van der Waals surface area contributed by atoms with E-state index < -0.39 is 5.97 Å². The number of hydrogen-bond acceptors (Lipinski definition) is 3. The summed E-state index contributed by atoms with van der Waals surface area (Å²) in [6.45, 7) is 4.97. The average molecular weight is 234 g/mol. The van der Waals surface area contributed by atoms with Crippen molar-refractivity contribution in [2.24, 2.45) is 5.92 Å². The van der Waals surface area contributed by atoms with Gasteiger partial charge in [0.1, 0.15) is 0 Å². The molecule has 1 heterocycles.